The minimum absolute atomic E-state index is 0.101. The number of nitrogens with zero attached hydrogens (tertiary/aromatic N) is 2. The second kappa shape index (κ2) is 7.92. The summed E-state index contributed by atoms with van der Waals surface area (Å²) in [6, 6.07) is 12.6. The van der Waals surface area contributed by atoms with Crippen LogP contribution in [0.4, 0.5) is 0 Å². The van der Waals surface area contributed by atoms with Gasteiger partial charge in [0, 0.05) is 31.7 Å². The van der Waals surface area contributed by atoms with E-state index in [1.165, 1.54) is 4.31 Å². The molecule has 0 N–H and O–H groups in total. The van der Waals surface area contributed by atoms with Crippen molar-refractivity contribution in [2.45, 2.75) is 25.7 Å². The molecule has 0 aromatic heterocycles. The fourth-order valence-electron chi connectivity index (χ4n) is 3.77. The number of Topliss-reactive ketones (excluding diaryl/α,β-unsaturated/α-hetero) is 1. The number of piperazine rings is 1. The highest BCUT2D eigenvalue weighted by Gasteiger charge is 2.29. The summed E-state index contributed by atoms with van der Waals surface area (Å²) in [5.41, 5.74) is 3.95. The molecule has 0 bridgehead atoms. The third-order valence-corrected chi connectivity index (χ3v) is 6.95. The first-order valence-electron chi connectivity index (χ1n) is 9.17. The normalized spacial score (nSPS) is 16.4. The van der Waals surface area contributed by atoms with E-state index in [2.05, 4.69) is 0 Å². The minimum atomic E-state index is -3.46. The summed E-state index contributed by atoms with van der Waals surface area (Å²) in [5, 5.41) is 0. The molecule has 2 aromatic carbocycles. The highest BCUT2D eigenvalue weighted by atomic mass is 32.2. The Morgan fingerprint density at radius 3 is 2.04 bits per heavy atom. The zero-order valence-corrected chi connectivity index (χ0v) is 16.9. The molecule has 5 nitrogen and oxygen atoms in total. The molecule has 0 radical (unpaired) electrons. The molecule has 1 heterocycles. The van der Waals surface area contributed by atoms with E-state index in [-0.39, 0.29) is 5.78 Å². The highest BCUT2D eigenvalue weighted by Crippen LogP contribution is 2.20. The van der Waals surface area contributed by atoms with Gasteiger partial charge < -0.3 is 0 Å². The monoisotopic (exact) mass is 386 g/mol. The molecule has 6 heteroatoms. The third kappa shape index (κ3) is 4.29. The van der Waals surface area contributed by atoms with Crippen LogP contribution in [-0.2, 0) is 10.0 Å². The van der Waals surface area contributed by atoms with E-state index in [0.717, 1.165) is 22.3 Å². The quantitative estimate of drug-likeness (QED) is 0.742. The Labute approximate surface area is 161 Å². The van der Waals surface area contributed by atoms with Crippen LogP contribution in [-0.4, -0.2) is 56.1 Å². The summed E-state index contributed by atoms with van der Waals surface area (Å²) in [4.78, 5) is 15.2. The molecule has 2 aromatic rings. The predicted molar refractivity (Wildman–Crippen MR) is 107 cm³/mol. The fourth-order valence-corrected chi connectivity index (χ4v) is 5.21. The Balaban J connectivity index is 1.64. The molecule has 1 fully saturated rings. The van der Waals surface area contributed by atoms with Gasteiger partial charge in [-0.1, -0.05) is 35.9 Å². The van der Waals surface area contributed by atoms with Crippen molar-refractivity contribution >= 4 is 15.8 Å². The van der Waals surface area contributed by atoms with Gasteiger partial charge in [0.2, 0.25) is 10.0 Å². The second-order valence-electron chi connectivity index (χ2n) is 7.19. The van der Waals surface area contributed by atoms with Crippen LogP contribution in [0.1, 0.15) is 27.0 Å². The minimum Gasteiger partial charge on any atom is -0.293 e. The van der Waals surface area contributed by atoms with Crippen LogP contribution in [0.2, 0.25) is 0 Å². The van der Waals surface area contributed by atoms with E-state index in [1.54, 1.807) is 30.3 Å². The van der Waals surface area contributed by atoms with E-state index >= 15 is 0 Å². The summed E-state index contributed by atoms with van der Waals surface area (Å²) in [5.74, 6) is 0.101. The van der Waals surface area contributed by atoms with Crippen molar-refractivity contribution in [2.24, 2.45) is 0 Å². The van der Waals surface area contributed by atoms with E-state index < -0.39 is 10.0 Å². The molecule has 0 amide bonds. The highest BCUT2D eigenvalue weighted by molar-refractivity contribution is 7.89. The first-order chi connectivity index (χ1) is 12.8. The molecule has 144 valence electrons. The van der Waals surface area contributed by atoms with Crippen LogP contribution in [0.5, 0.6) is 0 Å². The Kier molecular flexibility index (Phi) is 5.79. The first kappa shape index (κ1) is 19.7. The van der Waals surface area contributed by atoms with Crippen LogP contribution in [0, 0.1) is 20.8 Å². The summed E-state index contributed by atoms with van der Waals surface area (Å²) >= 11 is 0. The predicted octanol–water partition coefficient (Wildman–Crippen LogP) is 2.80. The zero-order valence-electron chi connectivity index (χ0n) is 16.1. The molecule has 0 spiro atoms. The van der Waals surface area contributed by atoms with Gasteiger partial charge in [0.1, 0.15) is 0 Å². The number of hydrogen-bond acceptors (Lipinski definition) is 4. The molecule has 0 unspecified atom stereocenters. The van der Waals surface area contributed by atoms with Crippen molar-refractivity contribution in [3.8, 4) is 0 Å². The van der Waals surface area contributed by atoms with Crippen molar-refractivity contribution in [1.82, 2.24) is 9.21 Å². The summed E-state index contributed by atoms with van der Waals surface area (Å²) in [6.45, 7) is 8.20. The van der Waals surface area contributed by atoms with Gasteiger partial charge in [-0.25, -0.2) is 8.42 Å². The van der Waals surface area contributed by atoms with E-state index in [0.29, 0.717) is 37.6 Å². The number of carbonyl (C=O) groups is 1. The lowest BCUT2D eigenvalue weighted by Crippen LogP contribution is -2.49. The number of rotatable bonds is 5. The van der Waals surface area contributed by atoms with Crippen molar-refractivity contribution in [3.05, 3.63) is 64.7 Å². The van der Waals surface area contributed by atoms with Crippen molar-refractivity contribution < 1.29 is 13.2 Å². The molecular weight excluding hydrogens is 360 g/mol. The summed E-state index contributed by atoms with van der Waals surface area (Å²) < 4.78 is 26.9. The number of hydrogen-bond donors (Lipinski definition) is 0. The number of benzene rings is 2. The molecular formula is C21H26N2O3S. The number of aryl methyl sites for hydroxylation is 3. The Hall–Kier alpha value is -2.02. The largest absolute Gasteiger partial charge is 0.293 e. The smallest absolute Gasteiger partial charge is 0.243 e. The SMILES string of the molecule is Cc1cc(C)c(C(=O)CN2CCN(S(=O)(=O)c3ccccc3)CC2)c(C)c1. The standard InChI is InChI=1S/C21H26N2O3S/c1-16-13-17(2)21(18(3)14-16)20(24)15-22-9-11-23(12-10-22)27(25,26)19-7-5-4-6-8-19/h4-8,13-14H,9-12,15H2,1-3H3. The van der Waals surface area contributed by atoms with E-state index in [1.807, 2.05) is 37.8 Å². The van der Waals surface area contributed by atoms with Gasteiger partial charge in [-0.05, 0) is 44.0 Å². The molecule has 27 heavy (non-hydrogen) atoms. The van der Waals surface area contributed by atoms with Gasteiger partial charge in [0.25, 0.3) is 0 Å². The average Bonchev–Trinajstić information content (AvgIpc) is 2.62. The lowest BCUT2D eigenvalue weighted by Gasteiger charge is -2.33. The zero-order chi connectivity index (χ0) is 19.6. The van der Waals surface area contributed by atoms with Crippen LogP contribution >= 0.6 is 0 Å². The van der Waals surface area contributed by atoms with Gasteiger partial charge in [-0.2, -0.15) is 4.31 Å². The molecule has 3 rings (SSSR count). The lowest BCUT2D eigenvalue weighted by atomic mass is 9.96. The molecule has 1 saturated heterocycles. The molecule has 0 saturated carbocycles. The number of carbonyl (C=O) groups excluding carboxylic acids is 1. The maximum absolute atomic E-state index is 12.8. The van der Waals surface area contributed by atoms with Crippen LogP contribution in [0.3, 0.4) is 0 Å². The summed E-state index contributed by atoms with van der Waals surface area (Å²) in [7, 11) is -3.46. The molecule has 0 atom stereocenters. The molecule has 0 aliphatic carbocycles. The fraction of sp³-hybridized carbons (Fsp3) is 0.381. The maximum atomic E-state index is 12.8. The molecule has 1 aliphatic heterocycles. The van der Waals surface area contributed by atoms with Gasteiger partial charge in [-0.3, -0.25) is 9.69 Å². The van der Waals surface area contributed by atoms with Gasteiger partial charge >= 0.3 is 0 Å². The number of ketones is 1. The van der Waals surface area contributed by atoms with Crippen LogP contribution in [0.15, 0.2) is 47.4 Å². The summed E-state index contributed by atoms with van der Waals surface area (Å²) in [6.07, 6.45) is 0. The van der Waals surface area contributed by atoms with Gasteiger partial charge in [0.15, 0.2) is 5.78 Å². The first-order valence-corrected chi connectivity index (χ1v) is 10.6. The van der Waals surface area contributed by atoms with Crippen molar-refractivity contribution in [1.29, 1.82) is 0 Å². The van der Waals surface area contributed by atoms with Crippen LogP contribution in [0.25, 0.3) is 0 Å². The second-order valence-corrected chi connectivity index (χ2v) is 9.13. The van der Waals surface area contributed by atoms with Crippen molar-refractivity contribution in [2.75, 3.05) is 32.7 Å². The molecule has 1 aliphatic rings. The van der Waals surface area contributed by atoms with E-state index in [4.69, 9.17) is 0 Å². The maximum Gasteiger partial charge on any atom is 0.243 e. The van der Waals surface area contributed by atoms with Gasteiger partial charge in [-0.15, -0.1) is 0 Å². The Bertz CT molecular complexity index is 908. The Morgan fingerprint density at radius 2 is 1.48 bits per heavy atom. The lowest BCUT2D eigenvalue weighted by molar-refractivity contribution is 0.0900. The van der Waals surface area contributed by atoms with E-state index in [9.17, 15) is 13.2 Å². The third-order valence-electron chi connectivity index (χ3n) is 5.04. The Morgan fingerprint density at radius 1 is 0.926 bits per heavy atom. The van der Waals surface area contributed by atoms with Crippen LogP contribution < -0.4 is 0 Å². The topological polar surface area (TPSA) is 57.7 Å². The average molecular weight is 387 g/mol. The van der Waals surface area contributed by atoms with Gasteiger partial charge in [0.05, 0.1) is 11.4 Å². The number of sulfonamides is 1. The van der Waals surface area contributed by atoms with Crippen molar-refractivity contribution in [3.63, 3.8) is 0 Å².